The summed E-state index contributed by atoms with van der Waals surface area (Å²) < 4.78 is 22.3. The predicted molar refractivity (Wildman–Crippen MR) is 60.6 cm³/mol. The number of aryl methyl sites for hydroxylation is 1. The van der Waals surface area contributed by atoms with E-state index in [1.54, 1.807) is 12.1 Å². The zero-order valence-corrected chi connectivity index (χ0v) is 10.0. The highest BCUT2D eigenvalue weighted by Crippen LogP contribution is 2.09. The molecule has 1 rings (SSSR count). The van der Waals surface area contributed by atoms with Gasteiger partial charge in [0.1, 0.15) is 0 Å². The highest BCUT2D eigenvalue weighted by atomic mass is 32.2. The van der Waals surface area contributed by atoms with E-state index in [4.69, 9.17) is 0 Å². The van der Waals surface area contributed by atoms with E-state index < -0.39 is 9.84 Å². The van der Waals surface area contributed by atoms with Crippen molar-refractivity contribution in [3.8, 4) is 0 Å². The molecule has 84 valence electrons. The number of pyridine rings is 1. The third kappa shape index (κ3) is 4.00. The highest BCUT2D eigenvalue weighted by Gasteiger charge is 2.06. The van der Waals surface area contributed by atoms with Crippen LogP contribution in [0.5, 0.6) is 0 Å². The molecule has 15 heavy (non-hydrogen) atoms. The van der Waals surface area contributed by atoms with E-state index in [1.807, 2.05) is 0 Å². The number of hydrogen-bond acceptors (Lipinski definition) is 3. The maximum Gasteiger partial charge on any atom is 0.177 e. The van der Waals surface area contributed by atoms with Crippen LogP contribution < -0.4 is 0 Å². The van der Waals surface area contributed by atoms with Gasteiger partial charge in [-0.05, 0) is 25.0 Å². The van der Waals surface area contributed by atoms with Crippen LogP contribution in [0.1, 0.15) is 31.9 Å². The van der Waals surface area contributed by atoms with E-state index in [2.05, 4.69) is 11.9 Å². The molecule has 0 aliphatic carbocycles. The predicted octanol–water partition coefficient (Wildman–Crippen LogP) is 2.22. The van der Waals surface area contributed by atoms with E-state index >= 15 is 0 Å². The Kier molecular flexibility index (Phi) is 4.27. The zero-order valence-electron chi connectivity index (χ0n) is 9.23. The minimum absolute atomic E-state index is 0.293. The third-order valence-corrected chi connectivity index (χ3v) is 3.36. The molecule has 0 saturated heterocycles. The van der Waals surface area contributed by atoms with E-state index in [0.717, 1.165) is 18.5 Å². The molecule has 0 radical (unpaired) electrons. The van der Waals surface area contributed by atoms with Gasteiger partial charge in [-0.1, -0.05) is 19.8 Å². The molecule has 0 amide bonds. The van der Waals surface area contributed by atoms with Gasteiger partial charge in [-0.3, -0.25) is 4.98 Å². The summed E-state index contributed by atoms with van der Waals surface area (Å²) >= 11 is 0. The van der Waals surface area contributed by atoms with Crippen LogP contribution in [0.25, 0.3) is 0 Å². The second-order valence-corrected chi connectivity index (χ2v) is 5.73. The van der Waals surface area contributed by atoms with Gasteiger partial charge in [0.05, 0.1) is 4.90 Å². The van der Waals surface area contributed by atoms with Crippen LogP contribution in [0.15, 0.2) is 23.2 Å². The maximum atomic E-state index is 11.2. The van der Waals surface area contributed by atoms with Crippen molar-refractivity contribution in [1.29, 1.82) is 0 Å². The summed E-state index contributed by atoms with van der Waals surface area (Å²) in [7, 11) is -3.11. The van der Waals surface area contributed by atoms with Gasteiger partial charge >= 0.3 is 0 Å². The Hall–Kier alpha value is -0.900. The van der Waals surface area contributed by atoms with Crippen molar-refractivity contribution in [2.24, 2.45) is 0 Å². The summed E-state index contributed by atoms with van der Waals surface area (Å²) in [4.78, 5) is 4.43. The number of sulfone groups is 1. The quantitative estimate of drug-likeness (QED) is 0.725. The Balaban J connectivity index is 2.65. The average Bonchev–Trinajstić information content (AvgIpc) is 2.18. The standard InChI is InChI=1S/C11H17NO2S/c1-3-4-5-6-10-7-8-11(9-12-10)15(2,13)14/h7-9H,3-6H2,1-2H3. The molecule has 1 aromatic rings. The fraction of sp³-hybridized carbons (Fsp3) is 0.545. The zero-order chi connectivity index (χ0) is 11.3. The number of nitrogens with zero attached hydrogens (tertiary/aromatic N) is 1. The number of hydrogen-bond donors (Lipinski definition) is 0. The van der Waals surface area contributed by atoms with Crippen LogP contribution in [0, 0.1) is 0 Å². The van der Waals surface area contributed by atoms with Crippen LogP contribution in [-0.4, -0.2) is 19.7 Å². The molecular formula is C11H17NO2S. The summed E-state index contributed by atoms with van der Waals surface area (Å²) in [6.45, 7) is 2.15. The van der Waals surface area contributed by atoms with Crippen molar-refractivity contribution in [2.75, 3.05) is 6.26 Å². The van der Waals surface area contributed by atoms with Crippen molar-refractivity contribution < 1.29 is 8.42 Å². The first-order valence-corrected chi connectivity index (χ1v) is 7.08. The lowest BCUT2D eigenvalue weighted by atomic mass is 10.1. The Labute approximate surface area is 91.5 Å². The molecule has 0 aliphatic rings. The van der Waals surface area contributed by atoms with Gasteiger partial charge in [-0.2, -0.15) is 0 Å². The van der Waals surface area contributed by atoms with E-state index in [9.17, 15) is 8.42 Å². The van der Waals surface area contributed by atoms with E-state index in [1.165, 1.54) is 25.3 Å². The van der Waals surface area contributed by atoms with Crippen LogP contribution >= 0.6 is 0 Å². The topological polar surface area (TPSA) is 47.0 Å². The monoisotopic (exact) mass is 227 g/mol. The van der Waals surface area contributed by atoms with Crippen molar-refractivity contribution in [3.63, 3.8) is 0 Å². The maximum absolute atomic E-state index is 11.2. The molecule has 0 fully saturated rings. The number of aromatic nitrogens is 1. The van der Waals surface area contributed by atoms with Gasteiger partial charge in [0, 0.05) is 18.1 Å². The van der Waals surface area contributed by atoms with Gasteiger partial charge < -0.3 is 0 Å². The SMILES string of the molecule is CCCCCc1ccc(S(C)(=O)=O)cn1. The lowest BCUT2D eigenvalue weighted by molar-refractivity contribution is 0.601. The second-order valence-electron chi connectivity index (χ2n) is 3.71. The Morgan fingerprint density at radius 1 is 1.27 bits per heavy atom. The second kappa shape index (κ2) is 5.26. The molecule has 0 aromatic carbocycles. The lowest BCUT2D eigenvalue weighted by Gasteiger charge is -2.01. The van der Waals surface area contributed by atoms with Gasteiger partial charge in [0.2, 0.25) is 0 Å². The molecule has 3 nitrogen and oxygen atoms in total. The Morgan fingerprint density at radius 3 is 2.47 bits per heavy atom. The first-order chi connectivity index (χ1) is 7.04. The van der Waals surface area contributed by atoms with Gasteiger partial charge in [0.25, 0.3) is 0 Å². The number of unbranched alkanes of at least 4 members (excludes halogenated alkanes) is 2. The fourth-order valence-corrected chi connectivity index (χ4v) is 1.89. The molecular weight excluding hydrogens is 210 g/mol. The average molecular weight is 227 g/mol. The minimum Gasteiger partial charge on any atom is -0.260 e. The van der Waals surface area contributed by atoms with Crippen LogP contribution in [0.4, 0.5) is 0 Å². The van der Waals surface area contributed by atoms with E-state index in [-0.39, 0.29) is 0 Å². The van der Waals surface area contributed by atoms with Crippen molar-refractivity contribution >= 4 is 9.84 Å². The fourth-order valence-electron chi connectivity index (χ4n) is 1.33. The lowest BCUT2D eigenvalue weighted by Crippen LogP contribution is -1.99. The van der Waals surface area contributed by atoms with Crippen molar-refractivity contribution in [1.82, 2.24) is 4.98 Å². The molecule has 0 bridgehead atoms. The van der Waals surface area contributed by atoms with Gasteiger partial charge in [0.15, 0.2) is 9.84 Å². The summed E-state index contributed by atoms with van der Waals surface area (Å²) in [5.74, 6) is 0. The van der Waals surface area contributed by atoms with E-state index in [0.29, 0.717) is 4.90 Å². The molecule has 0 atom stereocenters. The van der Waals surface area contributed by atoms with Crippen LogP contribution in [0.2, 0.25) is 0 Å². The number of rotatable bonds is 5. The van der Waals surface area contributed by atoms with Crippen LogP contribution in [-0.2, 0) is 16.3 Å². The summed E-state index contributed by atoms with van der Waals surface area (Å²) in [6.07, 6.45) is 7.05. The van der Waals surface area contributed by atoms with Crippen LogP contribution in [0.3, 0.4) is 0 Å². The van der Waals surface area contributed by atoms with Crippen molar-refractivity contribution in [2.45, 2.75) is 37.5 Å². The summed E-state index contributed by atoms with van der Waals surface area (Å²) in [5, 5.41) is 0. The third-order valence-electron chi connectivity index (χ3n) is 2.26. The Bertz CT molecular complexity index is 395. The van der Waals surface area contributed by atoms with Gasteiger partial charge in [-0.15, -0.1) is 0 Å². The highest BCUT2D eigenvalue weighted by molar-refractivity contribution is 7.90. The molecule has 1 aromatic heterocycles. The molecule has 0 saturated carbocycles. The van der Waals surface area contributed by atoms with Crippen molar-refractivity contribution in [3.05, 3.63) is 24.0 Å². The summed E-state index contributed by atoms with van der Waals surface area (Å²) in [6, 6.07) is 3.43. The Morgan fingerprint density at radius 2 is 2.00 bits per heavy atom. The largest absolute Gasteiger partial charge is 0.260 e. The first-order valence-electron chi connectivity index (χ1n) is 5.19. The molecule has 1 heterocycles. The molecule has 0 aliphatic heterocycles. The van der Waals surface area contributed by atoms with Gasteiger partial charge in [-0.25, -0.2) is 8.42 Å². The normalized spacial score (nSPS) is 11.6. The first kappa shape index (κ1) is 12.2. The molecule has 0 N–H and O–H groups in total. The molecule has 0 spiro atoms. The molecule has 0 unspecified atom stereocenters. The molecule has 4 heteroatoms. The summed E-state index contributed by atoms with van der Waals surface area (Å²) in [5.41, 5.74) is 0.968. The smallest absolute Gasteiger partial charge is 0.177 e. The minimum atomic E-state index is -3.11.